The standard InChI is InChI=1S/C51H36N2.10C2H6/c1-52(35-16-4-2-5-17-35)37-27-29-43-44-30-28-38(33-49(44)51(48(43)32-37)46-24-12-10-21-41(46)42-22-11-13-25-47(42)51)53(36-18-6-3-7-19-36)50-26-14-23-40-39-20-9-8-15-34(39)31-45(40)50;10*1-2/h2-30,32-33H,31H2,1H3;10*1-2H3. The van der Waals surface area contributed by atoms with Crippen LogP contribution in [0.25, 0.3) is 33.4 Å². The summed E-state index contributed by atoms with van der Waals surface area (Å²) in [5, 5.41) is 0. The fourth-order valence-electron chi connectivity index (χ4n) is 9.62. The summed E-state index contributed by atoms with van der Waals surface area (Å²) in [5.41, 5.74) is 21.4. The Morgan fingerprint density at radius 3 is 1.15 bits per heavy atom. The molecular formula is C71H96N2. The third-order valence-electron chi connectivity index (χ3n) is 11.9. The Morgan fingerprint density at radius 1 is 0.288 bits per heavy atom. The van der Waals surface area contributed by atoms with Gasteiger partial charge in [-0.05, 0) is 121 Å². The first kappa shape index (κ1) is 64.4. The van der Waals surface area contributed by atoms with Crippen molar-refractivity contribution in [2.45, 2.75) is 150 Å². The van der Waals surface area contributed by atoms with Gasteiger partial charge in [0.15, 0.2) is 0 Å². The second kappa shape index (κ2) is 34.7. The van der Waals surface area contributed by atoms with Crippen molar-refractivity contribution in [3.63, 3.8) is 0 Å². The zero-order chi connectivity index (χ0) is 55.1. The normalized spacial score (nSPS) is 10.6. The maximum atomic E-state index is 2.50. The molecule has 0 saturated heterocycles. The van der Waals surface area contributed by atoms with Crippen molar-refractivity contribution in [2.24, 2.45) is 0 Å². The number of rotatable bonds is 5. The van der Waals surface area contributed by atoms with Gasteiger partial charge in [-0.15, -0.1) is 0 Å². The SMILES string of the molecule is CC.CC.CC.CC.CC.CC.CC.CC.CC.CC.CN(c1ccccc1)c1ccc2c(c1)C1(c3ccccc3-c3ccccc31)c1cc(N(c3ccccc3)c3cccc4c3Cc3ccccc3-4)ccc1-2. The zero-order valence-electron chi connectivity index (χ0n) is 49.5. The molecule has 0 atom stereocenters. The molecule has 8 aromatic carbocycles. The average molecular weight is 978 g/mol. The minimum absolute atomic E-state index is 0.474. The van der Waals surface area contributed by atoms with E-state index in [0.29, 0.717) is 0 Å². The van der Waals surface area contributed by atoms with E-state index >= 15 is 0 Å². The monoisotopic (exact) mass is 977 g/mol. The summed E-state index contributed by atoms with van der Waals surface area (Å²) in [5.74, 6) is 0. The van der Waals surface area contributed by atoms with Crippen LogP contribution in [0.5, 0.6) is 0 Å². The highest BCUT2D eigenvalue weighted by Gasteiger charge is 2.52. The molecule has 11 rings (SSSR count). The summed E-state index contributed by atoms with van der Waals surface area (Å²) < 4.78 is 0. The van der Waals surface area contributed by atoms with Gasteiger partial charge in [0.05, 0.1) is 11.1 Å². The fourth-order valence-corrected chi connectivity index (χ4v) is 9.62. The summed E-state index contributed by atoms with van der Waals surface area (Å²) in [6.45, 7) is 40.0. The van der Waals surface area contributed by atoms with E-state index in [-0.39, 0.29) is 0 Å². The lowest BCUT2D eigenvalue weighted by Crippen LogP contribution is -2.26. The van der Waals surface area contributed by atoms with Crippen molar-refractivity contribution in [2.75, 3.05) is 16.8 Å². The quantitative estimate of drug-likeness (QED) is 0.170. The van der Waals surface area contributed by atoms with Gasteiger partial charge in [0.2, 0.25) is 0 Å². The molecule has 0 fully saturated rings. The van der Waals surface area contributed by atoms with Crippen molar-refractivity contribution in [3.05, 3.63) is 221 Å². The van der Waals surface area contributed by atoms with Crippen molar-refractivity contribution in [3.8, 4) is 33.4 Å². The van der Waals surface area contributed by atoms with Crippen LogP contribution in [0.2, 0.25) is 0 Å². The zero-order valence-corrected chi connectivity index (χ0v) is 49.5. The minimum atomic E-state index is -0.474. The van der Waals surface area contributed by atoms with E-state index < -0.39 is 5.41 Å². The summed E-state index contributed by atoms with van der Waals surface area (Å²) in [7, 11) is 2.18. The third-order valence-corrected chi connectivity index (χ3v) is 11.9. The summed E-state index contributed by atoms with van der Waals surface area (Å²) >= 11 is 0. The Bertz CT molecular complexity index is 2680. The molecule has 1 spiro atoms. The Kier molecular flexibility index (Phi) is 30.6. The molecule has 8 aromatic rings. The van der Waals surface area contributed by atoms with Gasteiger partial charge in [0.1, 0.15) is 0 Å². The van der Waals surface area contributed by atoms with Crippen LogP contribution in [0.4, 0.5) is 28.4 Å². The van der Waals surface area contributed by atoms with E-state index in [1.165, 1.54) is 83.8 Å². The Hall–Kier alpha value is -6.64. The number of anilines is 5. The summed E-state index contributed by atoms with van der Waals surface area (Å²) in [6.07, 6.45) is 0.920. The Morgan fingerprint density at radius 2 is 0.658 bits per heavy atom. The van der Waals surface area contributed by atoms with Crippen molar-refractivity contribution >= 4 is 28.4 Å². The van der Waals surface area contributed by atoms with Crippen LogP contribution in [-0.2, 0) is 11.8 Å². The molecule has 0 bridgehead atoms. The van der Waals surface area contributed by atoms with Gasteiger partial charge in [-0.25, -0.2) is 0 Å². The number of para-hydroxylation sites is 2. The van der Waals surface area contributed by atoms with Gasteiger partial charge in [-0.1, -0.05) is 272 Å². The molecule has 0 amide bonds. The molecule has 3 aliphatic carbocycles. The first-order chi connectivity index (χ1) is 36.2. The van der Waals surface area contributed by atoms with Gasteiger partial charge in [0.25, 0.3) is 0 Å². The van der Waals surface area contributed by atoms with Crippen molar-refractivity contribution in [1.29, 1.82) is 0 Å². The molecule has 73 heavy (non-hydrogen) atoms. The number of nitrogens with zero attached hydrogens (tertiary/aromatic N) is 2. The van der Waals surface area contributed by atoms with E-state index in [9.17, 15) is 0 Å². The second-order valence-corrected chi connectivity index (χ2v) is 14.5. The maximum absolute atomic E-state index is 2.50. The van der Waals surface area contributed by atoms with Gasteiger partial charge < -0.3 is 9.80 Å². The molecule has 0 radical (unpaired) electrons. The lowest BCUT2D eigenvalue weighted by molar-refractivity contribution is 0.793. The molecule has 2 heteroatoms. The first-order valence-corrected chi connectivity index (χ1v) is 28.5. The molecule has 390 valence electrons. The Labute approximate surface area is 448 Å². The second-order valence-electron chi connectivity index (χ2n) is 14.5. The molecule has 0 heterocycles. The summed E-state index contributed by atoms with van der Waals surface area (Å²) in [6, 6.07) is 69.8. The van der Waals surface area contributed by atoms with Crippen LogP contribution >= 0.6 is 0 Å². The van der Waals surface area contributed by atoms with E-state index in [0.717, 1.165) is 17.8 Å². The van der Waals surface area contributed by atoms with Gasteiger partial charge >= 0.3 is 0 Å². The van der Waals surface area contributed by atoms with Crippen LogP contribution in [0.1, 0.15) is 172 Å². The summed E-state index contributed by atoms with van der Waals surface area (Å²) in [4.78, 5) is 4.79. The molecule has 0 N–H and O–H groups in total. The average Bonchev–Trinajstić information content (AvgIpc) is 4.15. The third kappa shape index (κ3) is 12.9. The fraction of sp³-hybridized carbons (Fsp3) is 0.324. The molecular weight excluding hydrogens is 881 g/mol. The molecule has 0 unspecified atom stereocenters. The van der Waals surface area contributed by atoms with Gasteiger partial charge in [-0.3, -0.25) is 0 Å². The Balaban J connectivity index is 0.00000120. The predicted octanol–water partition coefficient (Wildman–Crippen LogP) is 23.1. The first-order valence-electron chi connectivity index (χ1n) is 28.5. The lowest BCUT2D eigenvalue weighted by atomic mass is 9.70. The van der Waals surface area contributed by atoms with Crippen LogP contribution in [0.15, 0.2) is 188 Å². The predicted molar refractivity (Wildman–Crippen MR) is 334 cm³/mol. The molecule has 3 aliphatic rings. The van der Waals surface area contributed by atoms with E-state index in [4.69, 9.17) is 0 Å². The van der Waals surface area contributed by atoms with Crippen LogP contribution in [0.3, 0.4) is 0 Å². The molecule has 2 nitrogen and oxygen atoms in total. The number of hydrogen-bond donors (Lipinski definition) is 0. The number of hydrogen-bond acceptors (Lipinski definition) is 2. The van der Waals surface area contributed by atoms with E-state index in [1.807, 2.05) is 138 Å². The topological polar surface area (TPSA) is 6.48 Å². The minimum Gasteiger partial charge on any atom is -0.345 e. The number of fused-ring (bicyclic) bond motifs is 13. The van der Waals surface area contributed by atoms with Gasteiger partial charge in [0, 0.05) is 36.2 Å². The highest BCUT2D eigenvalue weighted by atomic mass is 15.1. The van der Waals surface area contributed by atoms with Crippen LogP contribution in [-0.4, -0.2) is 7.05 Å². The van der Waals surface area contributed by atoms with Crippen LogP contribution in [0, 0.1) is 0 Å². The maximum Gasteiger partial charge on any atom is 0.0727 e. The molecule has 0 saturated carbocycles. The highest BCUT2D eigenvalue weighted by Crippen LogP contribution is 2.64. The highest BCUT2D eigenvalue weighted by molar-refractivity contribution is 5.97. The largest absolute Gasteiger partial charge is 0.345 e. The lowest BCUT2D eigenvalue weighted by Gasteiger charge is -2.33. The van der Waals surface area contributed by atoms with Crippen molar-refractivity contribution < 1.29 is 0 Å². The van der Waals surface area contributed by atoms with Gasteiger partial charge in [-0.2, -0.15) is 0 Å². The van der Waals surface area contributed by atoms with E-state index in [2.05, 4.69) is 205 Å². The van der Waals surface area contributed by atoms with Crippen molar-refractivity contribution in [1.82, 2.24) is 0 Å². The smallest absolute Gasteiger partial charge is 0.0727 e. The van der Waals surface area contributed by atoms with E-state index in [1.54, 1.807) is 0 Å². The molecule has 0 aromatic heterocycles. The number of benzene rings is 8. The van der Waals surface area contributed by atoms with Crippen LogP contribution < -0.4 is 9.80 Å². The molecule has 0 aliphatic heterocycles.